The molecule has 1 aliphatic rings. The van der Waals surface area contributed by atoms with Crippen LogP contribution in [0.2, 0.25) is 0 Å². The Morgan fingerprint density at radius 1 is 1.32 bits per heavy atom. The van der Waals surface area contributed by atoms with Crippen LogP contribution in [0.3, 0.4) is 0 Å². The fourth-order valence-corrected chi connectivity index (χ4v) is 3.06. The minimum Gasteiger partial charge on any atom is -0.493 e. The first-order chi connectivity index (χ1) is 10.7. The van der Waals surface area contributed by atoms with E-state index in [0.29, 0.717) is 0 Å². The summed E-state index contributed by atoms with van der Waals surface area (Å²) in [6, 6.07) is 6.07. The average molecular weight is 303 g/mol. The molecule has 0 bridgehead atoms. The van der Waals surface area contributed by atoms with Crippen molar-refractivity contribution < 1.29 is 9.47 Å². The molecule has 1 atom stereocenters. The molecule has 22 heavy (non-hydrogen) atoms. The standard InChI is InChI=1S/C19H29NO2/c1-4-7-17-9-10-18(19(14-17)21-3)22-13-6-12-20-11-5-8-16(2)15-20/h4,7,9-10,14,16H,5-6,8,11-13,15H2,1-3H3. The molecule has 1 aliphatic heterocycles. The minimum atomic E-state index is 0.740. The van der Waals surface area contributed by atoms with Crippen LogP contribution in [0, 0.1) is 5.92 Å². The van der Waals surface area contributed by atoms with Crippen LogP contribution in [0.4, 0.5) is 0 Å². The van der Waals surface area contributed by atoms with Crippen molar-refractivity contribution >= 4 is 6.08 Å². The fourth-order valence-electron chi connectivity index (χ4n) is 3.06. The van der Waals surface area contributed by atoms with Crippen LogP contribution >= 0.6 is 0 Å². The Morgan fingerprint density at radius 3 is 2.91 bits per heavy atom. The molecule has 3 heteroatoms. The lowest BCUT2D eigenvalue weighted by Crippen LogP contribution is -2.35. The van der Waals surface area contributed by atoms with Gasteiger partial charge in [0.1, 0.15) is 0 Å². The van der Waals surface area contributed by atoms with Crippen LogP contribution in [0.25, 0.3) is 6.08 Å². The van der Waals surface area contributed by atoms with Crippen molar-refractivity contribution in [3.8, 4) is 11.5 Å². The van der Waals surface area contributed by atoms with Crippen LogP contribution in [0.15, 0.2) is 24.3 Å². The Kier molecular flexibility index (Phi) is 6.78. The van der Waals surface area contributed by atoms with Gasteiger partial charge in [0.05, 0.1) is 13.7 Å². The number of hydrogen-bond acceptors (Lipinski definition) is 3. The normalized spacial score (nSPS) is 19.5. The molecule has 1 saturated heterocycles. The number of hydrogen-bond donors (Lipinski definition) is 0. The van der Waals surface area contributed by atoms with Crippen molar-refractivity contribution in [1.82, 2.24) is 4.90 Å². The maximum absolute atomic E-state index is 5.90. The highest BCUT2D eigenvalue weighted by molar-refractivity contribution is 5.55. The van der Waals surface area contributed by atoms with Crippen molar-refractivity contribution in [1.29, 1.82) is 0 Å². The molecule has 0 saturated carbocycles. The first-order valence-electron chi connectivity index (χ1n) is 8.39. The second-order valence-corrected chi connectivity index (χ2v) is 6.16. The van der Waals surface area contributed by atoms with Gasteiger partial charge >= 0.3 is 0 Å². The fraction of sp³-hybridized carbons (Fsp3) is 0.579. The molecule has 1 aromatic rings. The monoisotopic (exact) mass is 303 g/mol. The Bertz CT molecular complexity index is 484. The van der Waals surface area contributed by atoms with Gasteiger partial charge in [0.2, 0.25) is 0 Å². The molecule has 1 unspecified atom stereocenters. The summed E-state index contributed by atoms with van der Waals surface area (Å²) in [7, 11) is 1.69. The summed E-state index contributed by atoms with van der Waals surface area (Å²) in [5.41, 5.74) is 1.13. The smallest absolute Gasteiger partial charge is 0.161 e. The van der Waals surface area contributed by atoms with Crippen LogP contribution in [-0.4, -0.2) is 38.3 Å². The number of rotatable bonds is 7. The molecule has 122 valence electrons. The molecular weight excluding hydrogens is 274 g/mol. The van der Waals surface area contributed by atoms with Crippen LogP contribution < -0.4 is 9.47 Å². The summed E-state index contributed by atoms with van der Waals surface area (Å²) in [5.74, 6) is 2.49. The molecule has 3 nitrogen and oxygen atoms in total. The highest BCUT2D eigenvalue weighted by atomic mass is 16.5. The predicted octanol–water partition coefficient (Wildman–Crippen LogP) is 4.23. The lowest BCUT2D eigenvalue weighted by molar-refractivity contribution is 0.169. The van der Waals surface area contributed by atoms with Crippen molar-refractivity contribution in [2.75, 3.05) is 33.4 Å². The van der Waals surface area contributed by atoms with Gasteiger partial charge in [0, 0.05) is 13.1 Å². The Balaban J connectivity index is 1.78. The SMILES string of the molecule is CC=Cc1ccc(OCCCN2CCCC(C)C2)c(OC)c1. The molecule has 0 radical (unpaired) electrons. The number of ether oxygens (including phenoxy) is 2. The van der Waals surface area contributed by atoms with E-state index in [0.717, 1.165) is 42.6 Å². The number of likely N-dealkylation sites (tertiary alicyclic amines) is 1. The Labute approximate surface area is 134 Å². The van der Waals surface area contributed by atoms with Gasteiger partial charge in [-0.1, -0.05) is 25.1 Å². The topological polar surface area (TPSA) is 21.7 Å². The van der Waals surface area contributed by atoms with Gasteiger partial charge in [-0.2, -0.15) is 0 Å². The number of allylic oxidation sites excluding steroid dienone is 1. The van der Waals surface area contributed by atoms with Crippen molar-refractivity contribution in [2.24, 2.45) is 5.92 Å². The third kappa shape index (κ3) is 5.06. The lowest BCUT2D eigenvalue weighted by Gasteiger charge is -2.30. The molecule has 1 aromatic carbocycles. The molecule has 0 N–H and O–H groups in total. The molecule has 1 heterocycles. The van der Waals surface area contributed by atoms with Crippen molar-refractivity contribution in [2.45, 2.75) is 33.1 Å². The van der Waals surface area contributed by atoms with Gasteiger partial charge in [-0.05, 0) is 56.3 Å². The van der Waals surface area contributed by atoms with E-state index in [1.165, 1.54) is 25.9 Å². The maximum Gasteiger partial charge on any atom is 0.161 e. The summed E-state index contributed by atoms with van der Waals surface area (Å²) >= 11 is 0. The summed E-state index contributed by atoms with van der Waals surface area (Å²) in [6.45, 7) is 8.71. The third-order valence-electron chi connectivity index (χ3n) is 4.16. The van der Waals surface area contributed by atoms with Gasteiger partial charge in [0.25, 0.3) is 0 Å². The summed E-state index contributed by atoms with van der Waals surface area (Å²) in [6.07, 6.45) is 7.86. The van der Waals surface area contributed by atoms with Crippen molar-refractivity contribution in [3.05, 3.63) is 29.8 Å². The van der Waals surface area contributed by atoms with E-state index in [2.05, 4.69) is 24.0 Å². The van der Waals surface area contributed by atoms with Gasteiger partial charge in [-0.3, -0.25) is 0 Å². The zero-order valence-corrected chi connectivity index (χ0v) is 14.2. The van der Waals surface area contributed by atoms with E-state index in [-0.39, 0.29) is 0 Å². The highest BCUT2D eigenvalue weighted by Gasteiger charge is 2.15. The van der Waals surface area contributed by atoms with E-state index in [1.54, 1.807) is 7.11 Å². The number of methoxy groups -OCH3 is 1. The van der Waals surface area contributed by atoms with E-state index in [4.69, 9.17) is 9.47 Å². The first kappa shape index (κ1) is 16.9. The first-order valence-corrected chi connectivity index (χ1v) is 8.39. The zero-order chi connectivity index (χ0) is 15.8. The van der Waals surface area contributed by atoms with Crippen molar-refractivity contribution in [3.63, 3.8) is 0 Å². The van der Waals surface area contributed by atoms with E-state index >= 15 is 0 Å². The Morgan fingerprint density at radius 2 is 2.18 bits per heavy atom. The zero-order valence-electron chi connectivity index (χ0n) is 14.2. The van der Waals surface area contributed by atoms with Gasteiger partial charge in [0.15, 0.2) is 11.5 Å². The average Bonchev–Trinajstić information content (AvgIpc) is 2.53. The van der Waals surface area contributed by atoms with Crippen LogP contribution in [0.1, 0.15) is 38.7 Å². The van der Waals surface area contributed by atoms with E-state index < -0.39 is 0 Å². The number of piperidine rings is 1. The summed E-state index contributed by atoms with van der Waals surface area (Å²) in [4.78, 5) is 2.56. The second kappa shape index (κ2) is 8.84. The second-order valence-electron chi connectivity index (χ2n) is 6.16. The van der Waals surface area contributed by atoms with E-state index in [1.807, 2.05) is 25.1 Å². The molecule has 1 fully saturated rings. The number of benzene rings is 1. The minimum absolute atomic E-state index is 0.740. The predicted molar refractivity (Wildman–Crippen MR) is 92.7 cm³/mol. The highest BCUT2D eigenvalue weighted by Crippen LogP contribution is 2.28. The molecule has 0 aliphatic carbocycles. The maximum atomic E-state index is 5.90. The molecule has 2 rings (SSSR count). The third-order valence-corrected chi connectivity index (χ3v) is 4.16. The summed E-state index contributed by atoms with van der Waals surface area (Å²) in [5, 5.41) is 0. The van der Waals surface area contributed by atoms with E-state index in [9.17, 15) is 0 Å². The van der Waals surface area contributed by atoms with Gasteiger partial charge in [-0.15, -0.1) is 0 Å². The molecule has 0 amide bonds. The van der Waals surface area contributed by atoms with Gasteiger partial charge in [-0.25, -0.2) is 0 Å². The van der Waals surface area contributed by atoms with Gasteiger partial charge < -0.3 is 14.4 Å². The molecule has 0 aromatic heterocycles. The lowest BCUT2D eigenvalue weighted by atomic mass is 10.0. The summed E-state index contributed by atoms with van der Waals surface area (Å²) < 4.78 is 11.3. The van der Waals surface area contributed by atoms with Crippen LogP contribution in [-0.2, 0) is 0 Å². The van der Waals surface area contributed by atoms with Crippen LogP contribution in [0.5, 0.6) is 11.5 Å². The largest absolute Gasteiger partial charge is 0.493 e. The quantitative estimate of drug-likeness (QED) is 0.704. The number of nitrogens with zero attached hydrogens (tertiary/aromatic N) is 1. The molecule has 0 spiro atoms. The molecular formula is C19H29NO2. The Hall–Kier alpha value is -1.48.